The Kier molecular flexibility index (Phi) is 6.95. The van der Waals surface area contributed by atoms with Crippen LogP contribution in [0.2, 0.25) is 0 Å². The first-order chi connectivity index (χ1) is 12.7. The molecule has 0 aliphatic carbocycles. The molecule has 0 aliphatic heterocycles. The Morgan fingerprint density at radius 3 is 2.44 bits per heavy atom. The van der Waals surface area contributed by atoms with Crippen LogP contribution < -0.4 is 0 Å². The van der Waals surface area contributed by atoms with Crippen LogP contribution in [0.3, 0.4) is 0 Å². The summed E-state index contributed by atoms with van der Waals surface area (Å²) in [4.78, 5) is 21.2. The molecule has 0 aliphatic rings. The zero-order chi connectivity index (χ0) is 20.0. The number of rotatable bonds is 8. The zero-order valence-electron chi connectivity index (χ0n) is 15.4. The zero-order valence-corrected chi connectivity index (χ0v) is 15.4. The lowest BCUT2D eigenvalue weighted by Crippen LogP contribution is -2.31. The van der Waals surface area contributed by atoms with Crippen molar-refractivity contribution in [1.29, 1.82) is 0 Å². The maximum atomic E-state index is 12.5. The summed E-state index contributed by atoms with van der Waals surface area (Å²) >= 11 is 0. The van der Waals surface area contributed by atoms with Crippen LogP contribution in [0.4, 0.5) is 13.2 Å². The van der Waals surface area contributed by atoms with Gasteiger partial charge in [0.1, 0.15) is 0 Å². The van der Waals surface area contributed by atoms with E-state index in [9.17, 15) is 18.0 Å². The Balaban J connectivity index is 2.10. The Labute approximate surface area is 155 Å². The molecule has 1 aromatic carbocycles. The van der Waals surface area contributed by atoms with E-state index in [1.807, 2.05) is 20.8 Å². The highest BCUT2D eigenvalue weighted by molar-refractivity contribution is 5.75. The lowest BCUT2D eigenvalue weighted by atomic mass is 10.1. The van der Waals surface area contributed by atoms with Gasteiger partial charge in [-0.3, -0.25) is 9.63 Å². The Hall–Kier alpha value is -2.42. The third kappa shape index (κ3) is 6.06. The summed E-state index contributed by atoms with van der Waals surface area (Å²) in [5.41, 5.74) is 1.15. The van der Waals surface area contributed by atoms with Crippen LogP contribution in [0.5, 0.6) is 0 Å². The molecule has 27 heavy (non-hydrogen) atoms. The molecule has 1 heterocycles. The second kappa shape index (κ2) is 8.98. The van der Waals surface area contributed by atoms with Crippen molar-refractivity contribution in [1.82, 2.24) is 15.2 Å². The summed E-state index contributed by atoms with van der Waals surface area (Å²) < 4.78 is 41.9. The summed E-state index contributed by atoms with van der Waals surface area (Å²) in [7, 11) is 0. The molecule has 0 radical (unpaired) electrons. The van der Waals surface area contributed by atoms with Gasteiger partial charge in [0.25, 0.3) is 0 Å². The largest absolute Gasteiger partial charge is 0.471 e. The van der Waals surface area contributed by atoms with Gasteiger partial charge in [-0.2, -0.15) is 18.2 Å². The Bertz CT molecular complexity index is 742. The number of nitrogens with zero attached hydrogens (tertiary/aromatic N) is 3. The van der Waals surface area contributed by atoms with Gasteiger partial charge in [0, 0.05) is 12.0 Å². The van der Waals surface area contributed by atoms with Crippen LogP contribution in [0.1, 0.15) is 45.1 Å². The number of aromatic nitrogens is 2. The van der Waals surface area contributed by atoms with E-state index in [4.69, 9.17) is 4.84 Å². The number of hydrogen-bond acceptors (Lipinski definition) is 5. The molecule has 9 heteroatoms. The van der Waals surface area contributed by atoms with E-state index in [0.29, 0.717) is 18.6 Å². The molecule has 1 aromatic heterocycles. The fraction of sp³-hybridized carbons (Fsp3) is 0.500. The summed E-state index contributed by atoms with van der Waals surface area (Å²) in [6.07, 6.45) is -3.55. The quantitative estimate of drug-likeness (QED) is 0.627. The third-order valence-electron chi connectivity index (χ3n) is 3.52. The van der Waals surface area contributed by atoms with E-state index < -0.39 is 12.1 Å². The summed E-state index contributed by atoms with van der Waals surface area (Å²) in [5, 5.41) is 4.68. The number of hydrogen-bond donors (Lipinski definition) is 0. The molecule has 0 N–H and O–H groups in total. The van der Waals surface area contributed by atoms with Crippen molar-refractivity contribution in [2.24, 2.45) is 5.92 Å². The SMILES string of the molecule is CCCON(Cc1ccc(-c2noc(C(F)(F)F)n2)cc1)C(=O)CC(C)C. The van der Waals surface area contributed by atoms with Gasteiger partial charge in [-0.05, 0) is 17.9 Å². The highest BCUT2D eigenvalue weighted by atomic mass is 19.4. The molecule has 6 nitrogen and oxygen atoms in total. The average molecular weight is 385 g/mol. The first-order valence-corrected chi connectivity index (χ1v) is 8.64. The predicted molar refractivity (Wildman–Crippen MR) is 91.0 cm³/mol. The van der Waals surface area contributed by atoms with E-state index in [1.165, 1.54) is 5.06 Å². The van der Waals surface area contributed by atoms with Crippen molar-refractivity contribution in [3.8, 4) is 11.4 Å². The smallest absolute Gasteiger partial charge is 0.329 e. The molecule has 2 aromatic rings. The predicted octanol–water partition coefficient (Wildman–Crippen LogP) is 4.47. The average Bonchev–Trinajstić information content (AvgIpc) is 3.09. The molecule has 0 fully saturated rings. The Morgan fingerprint density at radius 2 is 1.93 bits per heavy atom. The fourth-order valence-electron chi connectivity index (χ4n) is 2.24. The molecule has 0 atom stereocenters. The molecule has 0 saturated heterocycles. The lowest BCUT2D eigenvalue weighted by molar-refractivity contribution is -0.191. The third-order valence-corrected chi connectivity index (χ3v) is 3.52. The minimum atomic E-state index is -4.68. The van der Waals surface area contributed by atoms with Crippen LogP contribution in [0, 0.1) is 5.92 Å². The second-order valence-electron chi connectivity index (χ2n) is 6.48. The van der Waals surface area contributed by atoms with E-state index in [2.05, 4.69) is 14.7 Å². The minimum absolute atomic E-state index is 0.115. The van der Waals surface area contributed by atoms with Gasteiger partial charge >= 0.3 is 12.1 Å². The van der Waals surface area contributed by atoms with Gasteiger partial charge in [0.2, 0.25) is 11.7 Å². The highest BCUT2D eigenvalue weighted by Crippen LogP contribution is 2.29. The number of alkyl halides is 3. The molecule has 2 rings (SSSR count). The monoisotopic (exact) mass is 385 g/mol. The molecule has 1 amide bonds. The van der Waals surface area contributed by atoms with E-state index in [1.54, 1.807) is 24.3 Å². The number of carbonyl (C=O) groups excluding carboxylic acids is 1. The molecular weight excluding hydrogens is 363 g/mol. The van der Waals surface area contributed by atoms with Crippen LogP contribution in [-0.4, -0.2) is 27.7 Å². The molecule has 0 saturated carbocycles. The van der Waals surface area contributed by atoms with Crippen molar-refractivity contribution >= 4 is 5.91 Å². The topological polar surface area (TPSA) is 68.5 Å². The van der Waals surface area contributed by atoms with Crippen LogP contribution in [0.25, 0.3) is 11.4 Å². The van der Waals surface area contributed by atoms with Crippen LogP contribution >= 0.6 is 0 Å². The normalized spacial score (nSPS) is 11.8. The van der Waals surface area contributed by atoms with Gasteiger partial charge < -0.3 is 4.52 Å². The van der Waals surface area contributed by atoms with Crippen molar-refractivity contribution in [3.05, 3.63) is 35.7 Å². The van der Waals surface area contributed by atoms with E-state index in [0.717, 1.165) is 12.0 Å². The summed E-state index contributed by atoms with van der Waals surface area (Å²) in [5.74, 6) is -1.45. The van der Waals surface area contributed by atoms with Crippen LogP contribution in [0.15, 0.2) is 28.8 Å². The fourth-order valence-corrected chi connectivity index (χ4v) is 2.24. The lowest BCUT2D eigenvalue weighted by Gasteiger charge is -2.22. The minimum Gasteiger partial charge on any atom is -0.329 e. The molecule has 0 unspecified atom stereocenters. The summed E-state index contributed by atoms with van der Waals surface area (Å²) in [6.45, 7) is 6.51. The Morgan fingerprint density at radius 1 is 1.26 bits per heavy atom. The molecular formula is C18H22F3N3O3. The van der Waals surface area contributed by atoms with Gasteiger partial charge in [0.05, 0.1) is 13.2 Å². The molecule has 0 spiro atoms. The molecule has 0 bridgehead atoms. The highest BCUT2D eigenvalue weighted by Gasteiger charge is 2.38. The van der Waals surface area contributed by atoms with Crippen molar-refractivity contribution in [2.45, 2.75) is 46.3 Å². The maximum Gasteiger partial charge on any atom is 0.471 e. The van der Waals surface area contributed by atoms with Crippen LogP contribution in [-0.2, 0) is 22.4 Å². The maximum absolute atomic E-state index is 12.5. The van der Waals surface area contributed by atoms with Crippen molar-refractivity contribution in [2.75, 3.05) is 6.61 Å². The van der Waals surface area contributed by atoms with E-state index >= 15 is 0 Å². The number of benzene rings is 1. The number of hydroxylamine groups is 2. The second-order valence-corrected chi connectivity index (χ2v) is 6.48. The van der Waals surface area contributed by atoms with Gasteiger partial charge in [0.15, 0.2) is 0 Å². The van der Waals surface area contributed by atoms with Gasteiger partial charge in [-0.15, -0.1) is 0 Å². The number of halogens is 3. The summed E-state index contributed by atoms with van der Waals surface area (Å²) in [6, 6.07) is 6.52. The number of amides is 1. The van der Waals surface area contributed by atoms with Gasteiger partial charge in [-0.25, -0.2) is 5.06 Å². The van der Waals surface area contributed by atoms with Crippen molar-refractivity contribution < 1.29 is 27.3 Å². The van der Waals surface area contributed by atoms with Gasteiger partial charge in [-0.1, -0.05) is 50.2 Å². The number of carbonyl (C=O) groups is 1. The standard InChI is InChI=1S/C18H22F3N3O3/c1-4-9-26-24(15(25)10-12(2)3)11-13-5-7-14(8-6-13)16-22-17(27-23-16)18(19,20)21/h5-8,12H,4,9-11H2,1-3H3. The molecule has 148 valence electrons. The van der Waals surface area contributed by atoms with E-state index in [-0.39, 0.29) is 24.2 Å². The first kappa shape index (κ1) is 20.9. The first-order valence-electron chi connectivity index (χ1n) is 8.64. The van der Waals surface area contributed by atoms with Crippen molar-refractivity contribution in [3.63, 3.8) is 0 Å².